The van der Waals surface area contributed by atoms with Gasteiger partial charge < -0.3 is 14.6 Å². The van der Waals surface area contributed by atoms with Crippen LogP contribution in [-0.2, 0) is 11.3 Å². The number of hydrogen-bond donors (Lipinski definition) is 1. The van der Waals surface area contributed by atoms with Gasteiger partial charge in [0.05, 0.1) is 18.8 Å². The van der Waals surface area contributed by atoms with Gasteiger partial charge >= 0.3 is 0 Å². The molecule has 4 nitrogen and oxygen atoms in total. The summed E-state index contributed by atoms with van der Waals surface area (Å²) in [4.78, 5) is 14.5. The molecule has 1 amide bonds. The van der Waals surface area contributed by atoms with E-state index in [-0.39, 0.29) is 11.9 Å². The second kappa shape index (κ2) is 5.14. The third-order valence-corrected chi connectivity index (χ3v) is 3.79. The first-order valence-electron chi connectivity index (χ1n) is 6.91. The molecule has 1 atom stereocenters. The monoisotopic (exact) mass is 248 g/mol. The highest BCUT2D eigenvalue weighted by Crippen LogP contribution is 2.29. The lowest BCUT2D eigenvalue weighted by Gasteiger charge is -2.29. The molecule has 98 valence electrons. The van der Waals surface area contributed by atoms with Crippen LogP contribution in [0.3, 0.4) is 0 Å². The van der Waals surface area contributed by atoms with Crippen molar-refractivity contribution in [3.63, 3.8) is 0 Å². The van der Waals surface area contributed by atoms with Crippen LogP contribution < -0.4 is 5.32 Å². The van der Waals surface area contributed by atoms with Crippen LogP contribution in [-0.4, -0.2) is 29.4 Å². The van der Waals surface area contributed by atoms with Crippen molar-refractivity contribution in [3.05, 3.63) is 24.2 Å². The summed E-state index contributed by atoms with van der Waals surface area (Å²) in [5.41, 5.74) is 0. The minimum Gasteiger partial charge on any atom is -0.467 e. The normalized spacial score (nSPS) is 23.9. The van der Waals surface area contributed by atoms with Gasteiger partial charge in [0.15, 0.2) is 0 Å². The van der Waals surface area contributed by atoms with E-state index in [1.54, 1.807) is 6.26 Å². The Balaban J connectivity index is 1.66. The minimum atomic E-state index is 0.0225. The zero-order valence-corrected chi connectivity index (χ0v) is 10.6. The SMILES string of the molecule is O=C(C1CCCCN1)N(Cc1ccco1)C1CC1. The largest absolute Gasteiger partial charge is 0.467 e. The summed E-state index contributed by atoms with van der Waals surface area (Å²) < 4.78 is 5.37. The molecule has 1 saturated heterocycles. The maximum absolute atomic E-state index is 12.5. The van der Waals surface area contributed by atoms with E-state index in [1.165, 1.54) is 6.42 Å². The van der Waals surface area contributed by atoms with Crippen molar-refractivity contribution in [2.45, 2.75) is 50.7 Å². The van der Waals surface area contributed by atoms with Crippen molar-refractivity contribution in [2.24, 2.45) is 0 Å². The van der Waals surface area contributed by atoms with Gasteiger partial charge in [-0.2, -0.15) is 0 Å². The Morgan fingerprint density at radius 1 is 1.39 bits per heavy atom. The fraction of sp³-hybridized carbons (Fsp3) is 0.643. The van der Waals surface area contributed by atoms with Crippen molar-refractivity contribution in [1.29, 1.82) is 0 Å². The van der Waals surface area contributed by atoms with Crippen LogP contribution in [0.15, 0.2) is 22.8 Å². The Kier molecular flexibility index (Phi) is 3.37. The van der Waals surface area contributed by atoms with Crippen molar-refractivity contribution >= 4 is 5.91 Å². The quantitative estimate of drug-likeness (QED) is 0.885. The van der Waals surface area contributed by atoms with Crippen LogP contribution in [0.5, 0.6) is 0 Å². The molecule has 0 spiro atoms. The molecule has 2 heterocycles. The van der Waals surface area contributed by atoms with E-state index in [9.17, 15) is 4.79 Å². The van der Waals surface area contributed by atoms with Crippen LogP contribution in [0.2, 0.25) is 0 Å². The zero-order chi connectivity index (χ0) is 12.4. The highest BCUT2D eigenvalue weighted by molar-refractivity contribution is 5.82. The molecule has 0 aromatic carbocycles. The predicted molar refractivity (Wildman–Crippen MR) is 67.9 cm³/mol. The second-order valence-corrected chi connectivity index (χ2v) is 5.28. The molecule has 4 heteroatoms. The lowest BCUT2D eigenvalue weighted by atomic mass is 10.0. The Hall–Kier alpha value is -1.29. The fourth-order valence-electron chi connectivity index (χ4n) is 2.61. The number of amides is 1. The first kappa shape index (κ1) is 11.8. The maximum Gasteiger partial charge on any atom is 0.240 e. The highest BCUT2D eigenvalue weighted by atomic mass is 16.3. The number of nitrogens with zero attached hydrogens (tertiary/aromatic N) is 1. The number of piperidine rings is 1. The van der Waals surface area contributed by atoms with Gasteiger partial charge in [0.2, 0.25) is 5.91 Å². The smallest absolute Gasteiger partial charge is 0.240 e. The maximum atomic E-state index is 12.5. The van der Waals surface area contributed by atoms with Gasteiger partial charge in [-0.25, -0.2) is 0 Å². The molecule has 0 bridgehead atoms. The first-order chi connectivity index (χ1) is 8.84. The molecule has 2 fully saturated rings. The molecule has 3 rings (SSSR count). The number of carbonyl (C=O) groups excluding carboxylic acids is 1. The van der Waals surface area contributed by atoms with Crippen LogP contribution in [0.4, 0.5) is 0 Å². The Morgan fingerprint density at radius 3 is 2.89 bits per heavy atom. The van der Waals surface area contributed by atoms with E-state index in [2.05, 4.69) is 5.32 Å². The van der Waals surface area contributed by atoms with Crippen molar-refractivity contribution in [1.82, 2.24) is 10.2 Å². The van der Waals surface area contributed by atoms with Gasteiger partial charge in [-0.05, 0) is 44.4 Å². The summed E-state index contributed by atoms with van der Waals surface area (Å²) in [6.07, 6.45) is 7.26. The second-order valence-electron chi connectivity index (χ2n) is 5.28. The number of carbonyl (C=O) groups is 1. The van der Waals surface area contributed by atoms with Crippen molar-refractivity contribution in [2.75, 3.05) is 6.54 Å². The van der Waals surface area contributed by atoms with Gasteiger partial charge in [-0.3, -0.25) is 4.79 Å². The van der Waals surface area contributed by atoms with Gasteiger partial charge in [-0.1, -0.05) is 6.42 Å². The topological polar surface area (TPSA) is 45.5 Å². The molecular formula is C14H20N2O2. The molecule has 0 radical (unpaired) electrons. The molecule has 1 aromatic heterocycles. The van der Waals surface area contributed by atoms with E-state index in [1.807, 2.05) is 17.0 Å². The van der Waals surface area contributed by atoms with Crippen molar-refractivity contribution < 1.29 is 9.21 Å². The Labute approximate surface area is 107 Å². The minimum absolute atomic E-state index is 0.0225. The molecule has 1 aromatic rings. The van der Waals surface area contributed by atoms with E-state index < -0.39 is 0 Å². The first-order valence-corrected chi connectivity index (χ1v) is 6.91. The standard InChI is InChI=1S/C14H20N2O2/c17-14(13-5-1-2-8-15-13)16(11-6-7-11)10-12-4-3-9-18-12/h3-4,9,11,13,15H,1-2,5-8,10H2. The molecule has 1 saturated carbocycles. The Morgan fingerprint density at radius 2 is 2.28 bits per heavy atom. The molecular weight excluding hydrogens is 228 g/mol. The summed E-state index contributed by atoms with van der Waals surface area (Å²) in [6.45, 7) is 1.59. The van der Waals surface area contributed by atoms with Gasteiger partial charge in [0.1, 0.15) is 5.76 Å². The molecule has 1 N–H and O–H groups in total. The van der Waals surface area contributed by atoms with Crippen LogP contribution in [0, 0.1) is 0 Å². The van der Waals surface area contributed by atoms with Crippen molar-refractivity contribution in [3.8, 4) is 0 Å². The summed E-state index contributed by atoms with van der Waals surface area (Å²) in [7, 11) is 0. The number of furan rings is 1. The van der Waals surface area contributed by atoms with Crippen LogP contribution in [0.25, 0.3) is 0 Å². The Bertz CT molecular complexity index is 392. The van der Waals surface area contributed by atoms with E-state index >= 15 is 0 Å². The average molecular weight is 248 g/mol. The lowest BCUT2D eigenvalue weighted by Crippen LogP contribution is -2.49. The van der Waals surface area contributed by atoms with Gasteiger partial charge in [0.25, 0.3) is 0 Å². The number of nitrogens with one attached hydrogen (secondary N) is 1. The number of rotatable bonds is 4. The molecule has 1 aliphatic carbocycles. The van der Waals surface area contributed by atoms with Gasteiger partial charge in [0, 0.05) is 6.04 Å². The summed E-state index contributed by atoms with van der Waals surface area (Å²) >= 11 is 0. The molecule has 2 aliphatic rings. The highest BCUT2D eigenvalue weighted by Gasteiger charge is 2.36. The van der Waals surface area contributed by atoms with E-state index in [0.717, 1.165) is 38.0 Å². The third-order valence-electron chi connectivity index (χ3n) is 3.79. The summed E-state index contributed by atoms with van der Waals surface area (Å²) in [5, 5.41) is 3.34. The molecule has 1 unspecified atom stereocenters. The average Bonchev–Trinajstić information content (AvgIpc) is 3.13. The molecule has 1 aliphatic heterocycles. The summed E-state index contributed by atoms with van der Waals surface area (Å²) in [5.74, 6) is 1.14. The van der Waals surface area contributed by atoms with Crippen LogP contribution >= 0.6 is 0 Å². The third kappa shape index (κ3) is 2.58. The van der Waals surface area contributed by atoms with E-state index in [0.29, 0.717) is 12.6 Å². The fourth-order valence-corrected chi connectivity index (χ4v) is 2.61. The summed E-state index contributed by atoms with van der Waals surface area (Å²) in [6, 6.07) is 4.28. The lowest BCUT2D eigenvalue weighted by molar-refractivity contribution is -0.135. The zero-order valence-electron chi connectivity index (χ0n) is 10.6. The molecule has 18 heavy (non-hydrogen) atoms. The van der Waals surface area contributed by atoms with Gasteiger partial charge in [-0.15, -0.1) is 0 Å². The predicted octanol–water partition coefficient (Wildman–Crippen LogP) is 1.91. The van der Waals surface area contributed by atoms with Crippen LogP contribution in [0.1, 0.15) is 37.9 Å². The van der Waals surface area contributed by atoms with E-state index in [4.69, 9.17) is 4.42 Å². The number of hydrogen-bond acceptors (Lipinski definition) is 3.